The van der Waals surface area contributed by atoms with Gasteiger partial charge in [-0.25, -0.2) is 8.42 Å². The number of sulfonamides is 1. The van der Waals surface area contributed by atoms with Crippen molar-refractivity contribution in [2.24, 2.45) is 5.41 Å². The number of para-hydroxylation sites is 2. The maximum absolute atomic E-state index is 14.1. The number of nitrogens with one attached hydrogen (secondary N) is 2. The highest BCUT2D eigenvalue weighted by Crippen LogP contribution is 2.35. The normalized spacial score (nSPS) is 26.3. The Balaban J connectivity index is 1.62. The number of fused-ring (bicyclic) bond motifs is 4. The van der Waals surface area contributed by atoms with Crippen molar-refractivity contribution in [3.63, 3.8) is 0 Å². The summed E-state index contributed by atoms with van der Waals surface area (Å²) in [6, 6.07) is 10.9. The van der Waals surface area contributed by atoms with Crippen molar-refractivity contribution in [1.29, 1.82) is 0 Å². The first-order valence-electron chi connectivity index (χ1n) is 13.7. The van der Waals surface area contributed by atoms with Gasteiger partial charge in [0.1, 0.15) is 5.75 Å². The number of benzene rings is 2. The molecule has 2 aromatic rings. The molecule has 11 heteroatoms. The summed E-state index contributed by atoms with van der Waals surface area (Å²) in [6.45, 7) is 2.23. The number of nitrogens with zero attached hydrogens (tertiary/aromatic N) is 2. The monoisotopic (exact) mass is 586 g/mol. The Morgan fingerprint density at radius 1 is 1.10 bits per heavy atom. The van der Waals surface area contributed by atoms with Crippen LogP contribution >= 0.6 is 11.6 Å². The Bertz CT molecular complexity index is 1410. The molecule has 2 unspecified atom stereocenters. The Kier molecular flexibility index (Phi) is 8.39. The van der Waals surface area contributed by atoms with E-state index in [4.69, 9.17) is 16.3 Å². The number of allylic oxidation sites excluding steroid dienone is 1. The molecule has 3 aliphatic heterocycles. The van der Waals surface area contributed by atoms with Crippen molar-refractivity contribution in [2.75, 3.05) is 44.1 Å². The van der Waals surface area contributed by atoms with E-state index in [1.54, 1.807) is 35.2 Å². The Hall–Kier alpha value is -3.08. The van der Waals surface area contributed by atoms with Crippen LogP contribution < -0.4 is 19.7 Å². The summed E-state index contributed by atoms with van der Waals surface area (Å²) in [4.78, 5) is 29.0. The van der Waals surface area contributed by atoms with E-state index in [-0.39, 0.29) is 39.9 Å². The summed E-state index contributed by atoms with van der Waals surface area (Å²) in [5, 5.41) is 6.77. The number of hydrogen-bond acceptors (Lipinski definition) is 6. The van der Waals surface area contributed by atoms with Crippen LogP contribution in [0.15, 0.2) is 59.5 Å². The fourth-order valence-electron chi connectivity index (χ4n) is 5.81. The van der Waals surface area contributed by atoms with Gasteiger partial charge in [-0.05, 0) is 69.0 Å². The lowest BCUT2D eigenvalue weighted by Crippen LogP contribution is -2.56. The van der Waals surface area contributed by atoms with Crippen molar-refractivity contribution in [3.05, 3.63) is 65.2 Å². The van der Waals surface area contributed by atoms with Gasteiger partial charge >= 0.3 is 0 Å². The lowest BCUT2D eigenvalue weighted by molar-refractivity contribution is -0.133. The van der Waals surface area contributed by atoms with Gasteiger partial charge in [0.15, 0.2) is 0 Å². The molecule has 4 bridgehead atoms. The second-order valence-electron chi connectivity index (χ2n) is 10.6. The van der Waals surface area contributed by atoms with E-state index in [1.807, 2.05) is 6.08 Å². The van der Waals surface area contributed by atoms with Crippen molar-refractivity contribution >= 4 is 39.1 Å². The molecule has 0 saturated carbocycles. The zero-order valence-electron chi connectivity index (χ0n) is 22.6. The SMILES string of the molecule is COc1ccccc1N1C/C=C/CC2(CCCNC2)C(=O)NC2CCCN(C2)C(=O)c2cc(ccc2Cl)S1(=O)=O. The molecule has 2 saturated heterocycles. The van der Waals surface area contributed by atoms with Gasteiger partial charge in [-0.2, -0.15) is 0 Å². The highest BCUT2D eigenvalue weighted by Gasteiger charge is 2.40. The lowest BCUT2D eigenvalue weighted by atomic mass is 9.76. The summed E-state index contributed by atoms with van der Waals surface area (Å²) >= 11 is 6.45. The zero-order valence-corrected chi connectivity index (χ0v) is 24.1. The van der Waals surface area contributed by atoms with E-state index in [1.165, 1.54) is 29.6 Å². The van der Waals surface area contributed by atoms with Gasteiger partial charge in [0.05, 0.1) is 40.2 Å². The number of anilines is 1. The number of halogens is 1. The molecule has 5 rings (SSSR count). The third-order valence-electron chi connectivity index (χ3n) is 8.05. The minimum atomic E-state index is -4.14. The van der Waals surface area contributed by atoms with Crippen molar-refractivity contribution in [3.8, 4) is 5.75 Å². The molecule has 0 radical (unpaired) electrons. The number of rotatable bonds is 2. The predicted molar refractivity (Wildman–Crippen MR) is 154 cm³/mol. The van der Waals surface area contributed by atoms with Crippen molar-refractivity contribution in [1.82, 2.24) is 15.5 Å². The van der Waals surface area contributed by atoms with Gasteiger partial charge in [0.2, 0.25) is 5.91 Å². The Morgan fingerprint density at radius 2 is 1.93 bits per heavy atom. The summed E-state index contributed by atoms with van der Waals surface area (Å²) in [7, 11) is -2.65. The molecule has 2 N–H and O–H groups in total. The molecule has 2 fully saturated rings. The van der Waals surface area contributed by atoms with Gasteiger partial charge in [-0.15, -0.1) is 0 Å². The largest absolute Gasteiger partial charge is 0.495 e. The first-order valence-corrected chi connectivity index (χ1v) is 15.5. The van der Waals surface area contributed by atoms with Crippen LogP contribution in [0, 0.1) is 5.41 Å². The maximum Gasteiger partial charge on any atom is 0.264 e. The molecule has 0 aliphatic carbocycles. The minimum Gasteiger partial charge on any atom is -0.495 e. The molecule has 3 heterocycles. The average molecular weight is 587 g/mol. The van der Waals surface area contributed by atoms with Crippen LogP contribution in [0.3, 0.4) is 0 Å². The molecule has 40 heavy (non-hydrogen) atoms. The highest BCUT2D eigenvalue weighted by atomic mass is 35.5. The zero-order chi connectivity index (χ0) is 28.3. The summed E-state index contributed by atoms with van der Waals surface area (Å²) in [6.07, 6.45) is 7.23. The Labute approximate surface area is 240 Å². The number of carbonyl (C=O) groups is 2. The van der Waals surface area contributed by atoms with Gasteiger partial charge in [-0.3, -0.25) is 13.9 Å². The van der Waals surface area contributed by atoms with Crippen molar-refractivity contribution in [2.45, 2.75) is 43.0 Å². The van der Waals surface area contributed by atoms with Gasteiger partial charge < -0.3 is 20.3 Å². The van der Waals surface area contributed by atoms with E-state index in [0.29, 0.717) is 37.5 Å². The molecular formula is C29H35ClN4O5S. The first-order chi connectivity index (χ1) is 19.2. The van der Waals surface area contributed by atoms with Gasteiger partial charge in [0.25, 0.3) is 15.9 Å². The molecular weight excluding hydrogens is 552 g/mol. The summed E-state index contributed by atoms with van der Waals surface area (Å²) in [5.41, 5.74) is -0.172. The average Bonchev–Trinajstić information content (AvgIpc) is 2.97. The number of ether oxygens (including phenoxy) is 1. The fourth-order valence-corrected chi connectivity index (χ4v) is 7.47. The molecule has 2 aromatic carbocycles. The molecule has 214 valence electrons. The maximum atomic E-state index is 14.1. The second-order valence-corrected chi connectivity index (χ2v) is 12.9. The molecule has 2 amide bonds. The van der Waals surface area contributed by atoms with Crippen LogP contribution in [0.1, 0.15) is 42.5 Å². The Morgan fingerprint density at radius 3 is 2.70 bits per heavy atom. The predicted octanol–water partition coefficient (Wildman–Crippen LogP) is 3.59. The molecule has 0 aromatic heterocycles. The quantitative estimate of drug-likeness (QED) is 0.521. The molecule has 2 atom stereocenters. The summed E-state index contributed by atoms with van der Waals surface area (Å²) < 4.78 is 35.0. The van der Waals surface area contributed by atoms with Crippen LogP contribution in [-0.2, 0) is 14.8 Å². The van der Waals surface area contributed by atoms with Crippen LogP contribution in [0.2, 0.25) is 5.02 Å². The standard InChI is InChI=1S/C29H35ClN4O5S/c1-39-26-10-3-2-9-25(26)34-17-5-4-13-29(14-7-15-31-20-29)28(36)32-21-8-6-16-33(19-21)27(35)23-18-22(40(34,37)38)11-12-24(23)30/h2-5,9-12,18,21,31H,6-8,13-17,19-20H2,1H3,(H,32,36)/b5-4+. The smallest absolute Gasteiger partial charge is 0.264 e. The topological polar surface area (TPSA) is 108 Å². The summed E-state index contributed by atoms with van der Waals surface area (Å²) in [5.74, 6) is 0.00156. The van der Waals surface area contributed by atoms with E-state index >= 15 is 0 Å². The first kappa shape index (κ1) is 28.4. The lowest BCUT2D eigenvalue weighted by Gasteiger charge is -2.39. The number of hydrogen-bond donors (Lipinski definition) is 2. The van der Waals surface area contributed by atoms with E-state index in [0.717, 1.165) is 32.2 Å². The molecule has 1 spiro atoms. The van der Waals surface area contributed by atoms with Crippen LogP contribution in [0.5, 0.6) is 5.75 Å². The number of piperidine rings is 2. The van der Waals surface area contributed by atoms with E-state index in [2.05, 4.69) is 10.6 Å². The van der Waals surface area contributed by atoms with Crippen LogP contribution in [-0.4, -0.2) is 71.0 Å². The van der Waals surface area contributed by atoms with Crippen LogP contribution in [0.25, 0.3) is 0 Å². The van der Waals surface area contributed by atoms with E-state index in [9.17, 15) is 18.0 Å². The van der Waals surface area contributed by atoms with Crippen LogP contribution in [0.4, 0.5) is 5.69 Å². The highest BCUT2D eigenvalue weighted by molar-refractivity contribution is 7.92. The molecule has 3 aliphatic rings. The number of carbonyl (C=O) groups excluding carboxylic acids is 2. The fraction of sp³-hybridized carbons (Fsp3) is 0.448. The minimum absolute atomic E-state index is 0.00842. The number of methoxy groups -OCH3 is 1. The third-order valence-corrected chi connectivity index (χ3v) is 10.2. The van der Waals surface area contributed by atoms with Gasteiger partial charge in [-0.1, -0.05) is 35.9 Å². The van der Waals surface area contributed by atoms with Crippen molar-refractivity contribution < 1.29 is 22.7 Å². The van der Waals surface area contributed by atoms with E-state index < -0.39 is 15.4 Å². The third kappa shape index (κ3) is 5.57. The second kappa shape index (κ2) is 11.8. The number of amides is 2. The van der Waals surface area contributed by atoms with Gasteiger partial charge in [0, 0.05) is 25.7 Å². The molecule has 9 nitrogen and oxygen atoms in total.